The second-order valence-corrected chi connectivity index (χ2v) is 5.58. The Kier molecular flexibility index (Phi) is 2.79. The zero-order valence-electron chi connectivity index (χ0n) is 12.9. The van der Waals surface area contributed by atoms with Gasteiger partial charge in [0.05, 0.1) is 11.4 Å². The molecule has 1 aliphatic rings. The zero-order valence-corrected chi connectivity index (χ0v) is 12.9. The molecular formula is C16H17N5O. The molecule has 112 valence electrons. The van der Waals surface area contributed by atoms with Crippen molar-refractivity contribution in [3.05, 3.63) is 52.9 Å². The van der Waals surface area contributed by atoms with Crippen LogP contribution in [0.25, 0.3) is 5.69 Å². The summed E-state index contributed by atoms with van der Waals surface area (Å²) in [5, 5.41) is 13.2. The number of ether oxygens (including phenoxy) is 1. The fraction of sp³-hybridized carbons (Fsp3) is 0.312. The quantitative estimate of drug-likeness (QED) is 0.728. The third-order valence-corrected chi connectivity index (χ3v) is 4.29. The molecule has 0 saturated carbocycles. The minimum Gasteiger partial charge on any atom is -0.483 e. The monoisotopic (exact) mass is 295 g/mol. The minimum absolute atomic E-state index is 0.445. The van der Waals surface area contributed by atoms with E-state index in [-0.39, 0.29) is 0 Å². The molecule has 0 fully saturated rings. The zero-order chi connectivity index (χ0) is 15.3. The Bertz CT molecular complexity index is 862. The van der Waals surface area contributed by atoms with Gasteiger partial charge in [-0.1, -0.05) is 12.1 Å². The van der Waals surface area contributed by atoms with Gasteiger partial charge in [-0.25, -0.2) is 0 Å². The van der Waals surface area contributed by atoms with Gasteiger partial charge in [-0.15, -0.1) is 10.2 Å². The van der Waals surface area contributed by atoms with Crippen molar-refractivity contribution in [1.29, 1.82) is 0 Å². The van der Waals surface area contributed by atoms with Gasteiger partial charge >= 0.3 is 0 Å². The number of benzene rings is 1. The average molecular weight is 295 g/mol. The summed E-state index contributed by atoms with van der Waals surface area (Å²) in [4.78, 5) is 0. The highest BCUT2D eigenvalue weighted by Gasteiger charge is 2.22. The van der Waals surface area contributed by atoms with Crippen molar-refractivity contribution in [2.45, 2.75) is 33.9 Å². The predicted molar refractivity (Wildman–Crippen MR) is 81.2 cm³/mol. The molecule has 6 nitrogen and oxygen atoms in total. The Morgan fingerprint density at radius 3 is 2.73 bits per heavy atom. The van der Waals surface area contributed by atoms with Crippen molar-refractivity contribution >= 4 is 0 Å². The van der Waals surface area contributed by atoms with Crippen molar-refractivity contribution in [2.24, 2.45) is 0 Å². The topological polar surface area (TPSA) is 57.8 Å². The van der Waals surface area contributed by atoms with Crippen LogP contribution in [0.2, 0.25) is 0 Å². The number of para-hydroxylation sites is 2. The molecule has 2 aromatic heterocycles. The first kappa shape index (κ1) is 13.1. The van der Waals surface area contributed by atoms with Crippen LogP contribution in [-0.4, -0.2) is 24.5 Å². The van der Waals surface area contributed by atoms with Crippen LogP contribution < -0.4 is 4.74 Å². The molecule has 3 aromatic rings. The molecule has 0 saturated heterocycles. The standard InChI is InChI=1S/C16H17N5O/c1-10-11(2)19-20(12(10)3)8-15-17-18-16-9-22-14-7-5-4-6-13(14)21(15)16/h4-7H,8-9H2,1-3H3. The Morgan fingerprint density at radius 2 is 1.95 bits per heavy atom. The SMILES string of the molecule is Cc1nn(Cc2nnc3n2-c2ccccc2OC3)c(C)c1C. The van der Waals surface area contributed by atoms with Crippen LogP contribution in [0.5, 0.6) is 5.75 Å². The first-order valence-electron chi connectivity index (χ1n) is 7.31. The Hall–Kier alpha value is -2.63. The number of fused-ring (bicyclic) bond motifs is 3. The van der Waals surface area contributed by atoms with E-state index in [2.05, 4.69) is 33.7 Å². The summed E-state index contributed by atoms with van der Waals surface area (Å²) in [7, 11) is 0. The molecule has 0 spiro atoms. The molecule has 3 heterocycles. The second kappa shape index (κ2) is 4.69. The van der Waals surface area contributed by atoms with Crippen LogP contribution in [0.3, 0.4) is 0 Å². The fourth-order valence-electron chi connectivity index (χ4n) is 2.81. The number of aromatic nitrogens is 5. The summed E-state index contributed by atoms with van der Waals surface area (Å²) in [6.07, 6.45) is 0. The van der Waals surface area contributed by atoms with Crippen LogP contribution >= 0.6 is 0 Å². The van der Waals surface area contributed by atoms with Crippen molar-refractivity contribution in [3.8, 4) is 11.4 Å². The summed E-state index contributed by atoms with van der Waals surface area (Å²) in [5.74, 6) is 2.56. The van der Waals surface area contributed by atoms with Crippen LogP contribution in [-0.2, 0) is 13.2 Å². The molecular weight excluding hydrogens is 278 g/mol. The maximum Gasteiger partial charge on any atom is 0.175 e. The lowest BCUT2D eigenvalue weighted by atomic mass is 10.2. The molecule has 0 amide bonds. The van der Waals surface area contributed by atoms with Gasteiger partial charge in [-0.2, -0.15) is 5.10 Å². The highest BCUT2D eigenvalue weighted by Crippen LogP contribution is 2.30. The van der Waals surface area contributed by atoms with Crippen molar-refractivity contribution in [2.75, 3.05) is 0 Å². The first-order valence-corrected chi connectivity index (χ1v) is 7.31. The Balaban J connectivity index is 1.80. The largest absolute Gasteiger partial charge is 0.483 e. The smallest absolute Gasteiger partial charge is 0.175 e. The van der Waals surface area contributed by atoms with E-state index < -0.39 is 0 Å². The molecule has 0 bridgehead atoms. The summed E-state index contributed by atoms with van der Waals surface area (Å²) >= 11 is 0. The lowest BCUT2D eigenvalue weighted by Gasteiger charge is -2.20. The van der Waals surface area contributed by atoms with E-state index >= 15 is 0 Å². The summed E-state index contributed by atoms with van der Waals surface area (Å²) < 4.78 is 9.77. The van der Waals surface area contributed by atoms with E-state index in [0.29, 0.717) is 13.2 Å². The van der Waals surface area contributed by atoms with Gasteiger partial charge in [-0.3, -0.25) is 9.25 Å². The summed E-state index contributed by atoms with van der Waals surface area (Å²) in [5.41, 5.74) is 4.43. The number of hydrogen-bond acceptors (Lipinski definition) is 4. The van der Waals surface area contributed by atoms with Crippen molar-refractivity contribution in [1.82, 2.24) is 24.5 Å². The maximum absolute atomic E-state index is 5.71. The van der Waals surface area contributed by atoms with Gasteiger partial charge < -0.3 is 4.74 Å². The molecule has 0 atom stereocenters. The predicted octanol–water partition coefficient (Wildman–Crippen LogP) is 2.33. The second-order valence-electron chi connectivity index (χ2n) is 5.58. The van der Waals surface area contributed by atoms with Gasteiger partial charge in [0.25, 0.3) is 0 Å². The molecule has 0 aliphatic carbocycles. The Morgan fingerprint density at radius 1 is 1.14 bits per heavy atom. The highest BCUT2D eigenvalue weighted by molar-refractivity contribution is 5.49. The van der Waals surface area contributed by atoms with E-state index in [4.69, 9.17) is 4.74 Å². The normalized spacial score (nSPS) is 12.7. The van der Waals surface area contributed by atoms with Crippen molar-refractivity contribution < 1.29 is 4.74 Å². The third-order valence-electron chi connectivity index (χ3n) is 4.29. The summed E-state index contributed by atoms with van der Waals surface area (Å²) in [6, 6.07) is 7.96. The van der Waals surface area contributed by atoms with Crippen LogP contribution in [0.15, 0.2) is 24.3 Å². The lowest BCUT2D eigenvalue weighted by Crippen LogP contribution is -2.17. The minimum atomic E-state index is 0.445. The van der Waals surface area contributed by atoms with Gasteiger partial charge in [0.2, 0.25) is 0 Å². The van der Waals surface area contributed by atoms with Crippen molar-refractivity contribution in [3.63, 3.8) is 0 Å². The van der Waals surface area contributed by atoms with Gasteiger partial charge in [-0.05, 0) is 38.5 Å². The molecule has 0 unspecified atom stereocenters. The molecule has 0 radical (unpaired) electrons. The van der Waals surface area contributed by atoms with E-state index in [1.807, 2.05) is 35.9 Å². The van der Waals surface area contributed by atoms with Crippen LogP contribution in [0.4, 0.5) is 0 Å². The van der Waals surface area contributed by atoms with E-state index in [1.165, 1.54) is 5.56 Å². The van der Waals surface area contributed by atoms with Gasteiger partial charge in [0.15, 0.2) is 11.6 Å². The molecule has 22 heavy (non-hydrogen) atoms. The van der Waals surface area contributed by atoms with Gasteiger partial charge in [0.1, 0.15) is 18.9 Å². The van der Waals surface area contributed by atoms with Gasteiger partial charge in [0, 0.05) is 5.69 Å². The van der Waals surface area contributed by atoms with E-state index in [9.17, 15) is 0 Å². The third kappa shape index (κ3) is 1.83. The van der Waals surface area contributed by atoms with Crippen LogP contribution in [0.1, 0.15) is 28.6 Å². The van der Waals surface area contributed by atoms with E-state index in [0.717, 1.165) is 34.5 Å². The number of aryl methyl sites for hydroxylation is 1. The lowest BCUT2D eigenvalue weighted by molar-refractivity contribution is 0.278. The summed E-state index contributed by atoms with van der Waals surface area (Å²) in [6.45, 7) is 7.25. The fourth-order valence-corrected chi connectivity index (χ4v) is 2.81. The molecule has 1 aromatic carbocycles. The molecule has 4 rings (SSSR count). The highest BCUT2D eigenvalue weighted by atomic mass is 16.5. The molecule has 0 N–H and O–H groups in total. The number of rotatable bonds is 2. The Labute approximate surface area is 128 Å². The molecule has 6 heteroatoms. The maximum atomic E-state index is 5.71. The first-order chi connectivity index (χ1) is 10.6. The molecule has 1 aliphatic heterocycles. The average Bonchev–Trinajstić information content (AvgIpc) is 3.05. The number of nitrogens with zero attached hydrogens (tertiary/aromatic N) is 5. The van der Waals surface area contributed by atoms with Crippen LogP contribution in [0, 0.1) is 20.8 Å². The van der Waals surface area contributed by atoms with E-state index in [1.54, 1.807) is 0 Å². The number of hydrogen-bond donors (Lipinski definition) is 0.